The lowest BCUT2D eigenvalue weighted by Crippen LogP contribution is -2.40. The number of thiazole rings is 1. The molecule has 3 heterocycles. The van der Waals surface area contributed by atoms with Crippen LogP contribution in [0, 0.1) is 0 Å². The Morgan fingerprint density at radius 1 is 1.16 bits per heavy atom. The third-order valence-electron chi connectivity index (χ3n) is 6.04. The molecule has 0 radical (unpaired) electrons. The van der Waals surface area contributed by atoms with Crippen LogP contribution in [0.15, 0.2) is 86.1 Å². The van der Waals surface area contributed by atoms with Crippen LogP contribution in [0.3, 0.4) is 0 Å². The molecular weight excluding hydrogens is 528 g/mol. The number of carbonyl (C=O) groups is 2. The summed E-state index contributed by atoms with van der Waals surface area (Å²) in [4.78, 5) is 43.2. The topological polar surface area (TPSA) is 111 Å². The van der Waals surface area contributed by atoms with Crippen molar-refractivity contribution in [1.82, 2.24) is 4.57 Å². The van der Waals surface area contributed by atoms with Crippen molar-refractivity contribution in [2.45, 2.75) is 19.9 Å². The number of aromatic nitrogens is 1. The van der Waals surface area contributed by atoms with Gasteiger partial charge in [0.25, 0.3) is 5.56 Å². The minimum atomic E-state index is -1.07. The Bertz CT molecular complexity index is 1800. The molecule has 0 unspecified atom stereocenters. The summed E-state index contributed by atoms with van der Waals surface area (Å²) in [5.41, 5.74) is 1.40. The van der Waals surface area contributed by atoms with Crippen molar-refractivity contribution in [3.05, 3.63) is 114 Å². The van der Waals surface area contributed by atoms with Gasteiger partial charge in [0.2, 0.25) is 0 Å². The van der Waals surface area contributed by atoms with E-state index < -0.39 is 18.0 Å². The number of halogens is 1. The van der Waals surface area contributed by atoms with E-state index in [1.54, 1.807) is 74.5 Å². The van der Waals surface area contributed by atoms with Crippen LogP contribution < -0.4 is 14.9 Å². The van der Waals surface area contributed by atoms with E-state index in [-0.39, 0.29) is 23.3 Å². The molecule has 2 aromatic heterocycles. The first-order valence-corrected chi connectivity index (χ1v) is 12.9. The number of carboxylic acids is 1. The predicted octanol–water partition coefficient (Wildman–Crippen LogP) is 4.41. The number of hydrogen-bond acceptors (Lipinski definition) is 7. The Labute approximate surface area is 225 Å². The van der Waals surface area contributed by atoms with Gasteiger partial charge >= 0.3 is 11.9 Å². The highest BCUT2D eigenvalue weighted by molar-refractivity contribution is 7.07. The van der Waals surface area contributed by atoms with Gasteiger partial charge in [-0.15, -0.1) is 0 Å². The van der Waals surface area contributed by atoms with E-state index in [1.807, 2.05) is 0 Å². The highest BCUT2D eigenvalue weighted by atomic mass is 35.5. The van der Waals surface area contributed by atoms with Crippen molar-refractivity contribution in [2.75, 3.05) is 6.61 Å². The molecule has 1 aliphatic heterocycles. The molecule has 1 atom stereocenters. The summed E-state index contributed by atoms with van der Waals surface area (Å²) in [7, 11) is 0. The van der Waals surface area contributed by atoms with Gasteiger partial charge in [-0.3, -0.25) is 9.36 Å². The first-order valence-electron chi connectivity index (χ1n) is 11.7. The van der Waals surface area contributed by atoms with Crippen LogP contribution in [0.1, 0.15) is 41.6 Å². The molecule has 0 aliphatic carbocycles. The van der Waals surface area contributed by atoms with Gasteiger partial charge in [-0.25, -0.2) is 14.6 Å². The van der Waals surface area contributed by atoms with Crippen molar-refractivity contribution in [2.24, 2.45) is 4.99 Å². The van der Waals surface area contributed by atoms with E-state index in [4.69, 9.17) is 20.8 Å². The SMILES string of the molecule is CCOC(=O)C1=C(C)N=c2sc(=Cc3ccc(-c4ccccc4C(=O)O)o3)c(=O)n2[C@@H]1c1ccccc1Cl. The molecule has 0 bridgehead atoms. The van der Waals surface area contributed by atoms with Gasteiger partial charge in [-0.2, -0.15) is 0 Å². The fourth-order valence-electron chi connectivity index (χ4n) is 4.37. The van der Waals surface area contributed by atoms with Crippen LogP contribution in [0.2, 0.25) is 5.02 Å². The lowest BCUT2D eigenvalue weighted by atomic mass is 9.96. The average Bonchev–Trinajstić information content (AvgIpc) is 3.48. The van der Waals surface area contributed by atoms with E-state index in [1.165, 1.54) is 10.6 Å². The molecule has 10 heteroatoms. The normalized spacial score (nSPS) is 15.2. The van der Waals surface area contributed by atoms with E-state index >= 15 is 0 Å². The van der Waals surface area contributed by atoms with Gasteiger partial charge in [-0.1, -0.05) is 59.3 Å². The molecule has 1 aliphatic rings. The number of carbonyl (C=O) groups excluding carboxylic acids is 1. The van der Waals surface area contributed by atoms with Gasteiger partial charge in [0.1, 0.15) is 17.6 Å². The Hall–Kier alpha value is -4.21. The summed E-state index contributed by atoms with van der Waals surface area (Å²) in [6.45, 7) is 3.58. The van der Waals surface area contributed by atoms with Crippen LogP contribution in [-0.2, 0) is 9.53 Å². The molecule has 192 valence electrons. The van der Waals surface area contributed by atoms with Crippen molar-refractivity contribution in [3.63, 3.8) is 0 Å². The molecule has 0 saturated carbocycles. The van der Waals surface area contributed by atoms with Gasteiger partial charge in [0.15, 0.2) is 4.80 Å². The fraction of sp³-hybridized carbons (Fsp3) is 0.143. The van der Waals surface area contributed by atoms with Crippen LogP contribution in [0.25, 0.3) is 17.4 Å². The maximum absolute atomic E-state index is 13.7. The Kier molecular flexibility index (Phi) is 6.88. The number of rotatable bonds is 6. The first-order chi connectivity index (χ1) is 18.3. The summed E-state index contributed by atoms with van der Waals surface area (Å²) in [6, 6.07) is 16.0. The number of nitrogens with zero attached hydrogens (tertiary/aromatic N) is 2. The van der Waals surface area contributed by atoms with E-state index in [2.05, 4.69) is 4.99 Å². The number of allylic oxidation sites excluding steroid dienone is 1. The number of fused-ring (bicyclic) bond motifs is 1. The van der Waals surface area contributed by atoms with Crippen LogP contribution >= 0.6 is 22.9 Å². The number of esters is 1. The second-order valence-electron chi connectivity index (χ2n) is 8.38. The zero-order valence-corrected chi connectivity index (χ0v) is 21.9. The summed E-state index contributed by atoms with van der Waals surface area (Å²) in [5, 5.41) is 9.90. The zero-order valence-electron chi connectivity index (χ0n) is 20.3. The number of benzene rings is 2. The molecule has 0 fully saturated rings. The first kappa shape index (κ1) is 25.4. The Morgan fingerprint density at radius 2 is 1.89 bits per heavy atom. The number of ether oxygens (including phenoxy) is 1. The molecule has 2 aromatic carbocycles. The van der Waals surface area contributed by atoms with Gasteiger partial charge in [0.05, 0.1) is 28.0 Å². The largest absolute Gasteiger partial charge is 0.478 e. The quantitative estimate of drug-likeness (QED) is 0.357. The smallest absolute Gasteiger partial charge is 0.338 e. The maximum Gasteiger partial charge on any atom is 0.338 e. The van der Waals surface area contributed by atoms with Crippen LogP contribution in [0.5, 0.6) is 0 Å². The Morgan fingerprint density at radius 3 is 2.63 bits per heavy atom. The highest BCUT2D eigenvalue weighted by Crippen LogP contribution is 2.34. The number of carboxylic acid groups (broad SMARTS) is 1. The van der Waals surface area contributed by atoms with Crippen molar-refractivity contribution in [3.8, 4) is 11.3 Å². The minimum Gasteiger partial charge on any atom is -0.478 e. The zero-order chi connectivity index (χ0) is 27.0. The summed E-state index contributed by atoms with van der Waals surface area (Å²) >= 11 is 7.67. The van der Waals surface area contributed by atoms with Gasteiger partial charge < -0.3 is 14.3 Å². The summed E-state index contributed by atoms with van der Waals surface area (Å²) in [5.74, 6) is -0.919. The van der Waals surface area contributed by atoms with E-state index in [0.29, 0.717) is 42.7 Å². The highest BCUT2D eigenvalue weighted by Gasteiger charge is 2.34. The second kappa shape index (κ2) is 10.3. The standard InChI is InChI=1S/C28H21ClN2O6S/c1-3-36-27(35)23-15(2)30-28-31(24(23)19-10-6-7-11-20(19)29)25(32)22(38-28)14-16-12-13-21(37-16)17-8-4-5-9-18(17)26(33)34/h4-14,24H,3H2,1-2H3,(H,33,34)/t24-/m1/s1. The van der Waals surface area contributed by atoms with Crippen molar-refractivity contribution < 1.29 is 23.8 Å². The van der Waals surface area contributed by atoms with E-state index in [9.17, 15) is 19.5 Å². The second-order valence-corrected chi connectivity index (χ2v) is 9.79. The number of aromatic carboxylic acids is 1. The number of furan rings is 1. The van der Waals surface area contributed by atoms with Crippen LogP contribution in [0.4, 0.5) is 0 Å². The summed E-state index contributed by atoms with van der Waals surface area (Å²) < 4.78 is 13.0. The third kappa shape index (κ3) is 4.51. The molecule has 0 spiro atoms. The Balaban J connectivity index is 1.65. The molecule has 0 saturated heterocycles. The van der Waals surface area contributed by atoms with Crippen molar-refractivity contribution in [1.29, 1.82) is 0 Å². The number of hydrogen-bond donors (Lipinski definition) is 1. The predicted molar refractivity (Wildman–Crippen MR) is 143 cm³/mol. The lowest BCUT2D eigenvalue weighted by Gasteiger charge is -2.25. The van der Waals surface area contributed by atoms with Gasteiger partial charge in [0, 0.05) is 16.7 Å². The molecule has 4 aromatic rings. The fourth-order valence-corrected chi connectivity index (χ4v) is 5.64. The molecule has 38 heavy (non-hydrogen) atoms. The lowest BCUT2D eigenvalue weighted by molar-refractivity contribution is -0.139. The maximum atomic E-state index is 13.7. The third-order valence-corrected chi connectivity index (χ3v) is 7.37. The van der Waals surface area contributed by atoms with Crippen LogP contribution in [-0.4, -0.2) is 28.2 Å². The molecular formula is C28H21ClN2O6S. The van der Waals surface area contributed by atoms with E-state index in [0.717, 1.165) is 11.3 Å². The minimum absolute atomic E-state index is 0.106. The monoisotopic (exact) mass is 548 g/mol. The molecule has 1 N–H and O–H groups in total. The summed E-state index contributed by atoms with van der Waals surface area (Å²) in [6.07, 6.45) is 1.57. The molecule has 0 amide bonds. The molecule has 8 nitrogen and oxygen atoms in total. The van der Waals surface area contributed by atoms with Crippen molar-refractivity contribution >= 4 is 41.0 Å². The van der Waals surface area contributed by atoms with Gasteiger partial charge in [-0.05, 0) is 43.7 Å². The molecule has 5 rings (SSSR count). The average molecular weight is 549 g/mol.